The van der Waals surface area contributed by atoms with Gasteiger partial charge in [-0.05, 0) is 55.2 Å². The lowest BCUT2D eigenvalue weighted by Crippen LogP contribution is -2.17. The molecule has 0 radical (unpaired) electrons. The number of halogens is 4. The second-order valence-electron chi connectivity index (χ2n) is 7.98. The number of hydrogen-bond acceptors (Lipinski definition) is 3. The van der Waals surface area contributed by atoms with Crippen molar-refractivity contribution in [1.29, 1.82) is 5.26 Å². The summed E-state index contributed by atoms with van der Waals surface area (Å²) < 4.78 is 61.3. The molecule has 31 heavy (non-hydrogen) atoms. The Morgan fingerprint density at radius 2 is 1.58 bits per heavy atom. The molecule has 2 aromatic rings. The third-order valence-corrected chi connectivity index (χ3v) is 5.89. The Kier molecular flexibility index (Phi) is 7.32. The molecular weight excluding hydrogens is 410 g/mol. The molecule has 0 aliphatic heterocycles. The molecule has 0 unspecified atom stereocenters. The molecule has 1 aliphatic rings. The molecule has 0 saturated heterocycles. The number of nitriles is 1. The summed E-state index contributed by atoms with van der Waals surface area (Å²) in [4.78, 5) is 12.3. The van der Waals surface area contributed by atoms with E-state index in [1.807, 2.05) is 0 Å². The summed E-state index contributed by atoms with van der Waals surface area (Å²) in [5, 5.41) is 8.67. The molecule has 0 aromatic heterocycles. The van der Waals surface area contributed by atoms with Crippen LogP contribution in [0.1, 0.15) is 79.3 Å². The molecule has 0 heterocycles. The normalized spacial score (nSPS) is 18.5. The number of ether oxygens (including phenoxy) is 1. The summed E-state index contributed by atoms with van der Waals surface area (Å²) in [6.07, 6.45) is 7.19. The van der Waals surface area contributed by atoms with Crippen LogP contribution in [0.4, 0.5) is 17.6 Å². The summed E-state index contributed by atoms with van der Waals surface area (Å²) in [6, 6.07) is 4.83. The van der Waals surface area contributed by atoms with Crippen molar-refractivity contribution < 1.29 is 27.1 Å². The Balaban J connectivity index is 1.74. The van der Waals surface area contributed by atoms with Crippen LogP contribution in [0, 0.1) is 40.5 Å². The molecule has 3 nitrogen and oxygen atoms in total. The van der Waals surface area contributed by atoms with E-state index in [0.29, 0.717) is 23.6 Å². The van der Waals surface area contributed by atoms with Crippen LogP contribution in [-0.4, -0.2) is 5.97 Å². The number of nitrogens with zero attached hydrogens (tertiary/aromatic N) is 1. The molecule has 2 aromatic carbocycles. The van der Waals surface area contributed by atoms with Crippen LogP contribution in [0.5, 0.6) is 5.75 Å². The van der Waals surface area contributed by atoms with Gasteiger partial charge in [0.05, 0.1) is 0 Å². The van der Waals surface area contributed by atoms with Crippen LogP contribution in [0.2, 0.25) is 0 Å². The van der Waals surface area contributed by atoms with Crippen molar-refractivity contribution in [2.45, 2.75) is 57.8 Å². The van der Waals surface area contributed by atoms with Crippen LogP contribution in [0.3, 0.4) is 0 Å². The van der Waals surface area contributed by atoms with Crippen molar-refractivity contribution in [1.82, 2.24) is 0 Å². The van der Waals surface area contributed by atoms with Gasteiger partial charge in [0.15, 0.2) is 0 Å². The monoisotopic (exact) mass is 433 g/mol. The Morgan fingerprint density at radius 3 is 2.10 bits per heavy atom. The fraction of sp³-hybridized carbons (Fsp3) is 0.417. The second kappa shape index (κ2) is 9.95. The summed E-state index contributed by atoms with van der Waals surface area (Å²) >= 11 is 0. The Morgan fingerprint density at radius 1 is 1.00 bits per heavy atom. The summed E-state index contributed by atoms with van der Waals surface area (Å²) in [7, 11) is 0. The minimum absolute atomic E-state index is 0.0219. The largest absolute Gasteiger partial charge is 0.423 e. The molecule has 0 amide bonds. The first-order valence-electron chi connectivity index (χ1n) is 10.4. The van der Waals surface area contributed by atoms with E-state index in [-0.39, 0.29) is 5.92 Å². The number of hydrogen-bond donors (Lipinski definition) is 0. The van der Waals surface area contributed by atoms with Crippen molar-refractivity contribution in [2.75, 3.05) is 0 Å². The maximum absolute atomic E-state index is 14.6. The highest BCUT2D eigenvalue weighted by Gasteiger charge is 2.27. The van der Waals surface area contributed by atoms with Crippen molar-refractivity contribution in [3.05, 3.63) is 64.2 Å². The van der Waals surface area contributed by atoms with Gasteiger partial charge in [-0.1, -0.05) is 26.2 Å². The van der Waals surface area contributed by atoms with Crippen LogP contribution in [0.25, 0.3) is 0 Å². The zero-order valence-electron chi connectivity index (χ0n) is 17.2. The average molecular weight is 433 g/mol. The average Bonchev–Trinajstić information content (AvgIpc) is 2.72. The lowest BCUT2D eigenvalue weighted by Gasteiger charge is -2.29. The van der Waals surface area contributed by atoms with E-state index >= 15 is 0 Å². The van der Waals surface area contributed by atoms with Crippen LogP contribution >= 0.6 is 0 Å². The van der Waals surface area contributed by atoms with Crippen LogP contribution < -0.4 is 4.74 Å². The summed E-state index contributed by atoms with van der Waals surface area (Å²) in [5.41, 5.74) is -1.27. The van der Waals surface area contributed by atoms with Gasteiger partial charge in [-0.2, -0.15) is 5.26 Å². The fourth-order valence-corrected chi connectivity index (χ4v) is 4.17. The zero-order chi connectivity index (χ0) is 22.5. The zero-order valence-corrected chi connectivity index (χ0v) is 17.2. The number of esters is 1. The number of unbranched alkanes of at least 4 members (excludes halogenated alkanes) is 1. The number of benzene rings is 2. The molecule has 1 fully saturated rings. The minimum atomic E-state index is -1.41. The number of carbonyl (C=O) groups excluding carboxylic acids is 1. The van der Waals surface area contributed by atoms with Gasteiger partial charge in [-0.15, -0.1) is 0 Å². The predicted molar refractivity (Wildman–Crippen MR) is 107 cm³/mol. The fourth-order valence-electron chi connectivity index (χ4n) is 4.17. The Bertz CT molecular complexity index is 961. The Hall–Kier alpha value is -2.88. The number of carbonyl (C=O) groups is 1. The van der Waals surface area contributed by atoms with Gasteiger partial charge >= 0.3 is 5.97 Å². The SMILES string of the molecule is CCCCC1CCC(c2cc(F)c(C(=O)Oc3cc(F)c(C#N)c(F)c3)c(F)c2)CC1. The number of rotatable bonds is 6. The predicted octanol–water partition coefficient (Wildman–Crippen LogP) is 6.80. The minimum Gasteiger partial charge on any atom is -0.423 e. The van der Waals surface area contributed by atoms with E-state index in [0.717, 1.165) is 44.2 Å². The first-order valence-corrected chi connectivity index (χ1v) is 10.4. The summed E-state index contributed by atoms with van der Waals surface area (Å²) in [6.45, 7) is 2.15. The van der Waals surface area contributed by atoms with E-state index in [9.17, 15) is 22.4 Å². The first-order chi connectivity index (χ1) is 14.8. The van der Waals surface area contributed by atoms with E-state index in [2.05, 4.69) is 6.92 Å². The van der Waals surface area contributed by atoms with Gasteiger partial charge in [-0.3, -0.25) is 0 Å². The molecule has 3 rings (SSSR count). The molecule has 0 atom stereocenters. The quantitative estimate of drug-likeness (QED) is 0.286. The lowest BCUT2D eigenvalue weighted by atomic mass is 9.77. The third-order valence-electron chi connectivity index (χ3n) is 5.89. The molecule has 1 saturated carbocycles. The van der Waals surface area contributed by atoms with Gasteiger partial charge in [0.25, 0.3) is 0 Å². The highest BCUT2D eigenvalue weighted by atomic mass is 19.1. The molecule has 0 bridgehead atoms. The van der Waals surface area contributed by atoms with Gasteiger partial charge in [0.1, 0.15) is 46.2 Å². The third kappa shape index (κ3) is 5.25. The van der Waals surface area contributed by atoms with Crippen molar-refractivity contribution in [3.8, 4) is 11.8 Å². The molecule has 0 N–H and O–H groups in total. The van der Waals surface area contributed by atoms with E-state index < -0.39 is 46.1 Å². The van der Waals surface area contributed by atoms with E-state index in [1.165, 1.54) is 18.9 Å². The second-order valence-corrected chi connectivity index (χ2v) is 7.98. The standard InChI is InChI=1S/C24H23F4NO2/c1-2-3-4-14-5-7-15(8-6-14)16-9-21(27)23(22(28)10-16)24(30)31-17-11-19(25)18(13-29)20(26)12-17/h9-12,14-15H,2-8H2,1H3. The van der Waals surface area contributed by atoms with Gasteiger partial charge in [-0.25, -0.2) is 22.4 Å². The van der Waals surface area contributed by atoms with Gasteiger partial charge < -0.3 is 4.74 Å². The maximum atomic E-state index is 14.6. The molecule has 7 heteroatoms. The summed E-state index contributed by atoms with van der Waals surface area (Å²) in [5.74, 6) is -5.97. The van der Waals surface area contributed by atoms with E-state index in [1.54, 1.807) is 0 Å². The van der Waals surface area contributed by atoms with Crippen LogP contribution in [-0.2, 0) is 0 Å². The van der Waals surface area contributed by atoms with Gasteiger partial charge in [0.2, 0.25) is 0 Å². The van der Waals surface area contributed by atoms with Gasteiger partial charge in [0, 0.05) is 12.1 Å². The van der Waals surface area contributed by atoms with Crippen molar-refractivity contribution in [2.24, 2.45) is 5.92 Å². The van der Waals surface area contributed by atoms with E-state index in [4.69, 9.17) is 10.00 Å². The first kappa shape index (κ1) is 22.8. The van der Waals surface area contributed by atoms with Crippen molar-refractivity contribution >= 4 is 5.97 Å². The maximum Gasteiger partial charge on any atom is 0.349 e. The van der Waals surface area contributed by atoms with Crippen molar-refractivity contribution in [3.63, 3.8) is 0 Å². The molecule has 0 spiro atoms. The highest BCUT2D eigenvalue weighted by Crippen LogP contribution is 2.38. The topological polar surface area (TPSA) is 50.1 Å². The highest BCUT2D eigenvalue weighted by molar-refractivity contribution is 5.91. The smallest absolute Gasteiger partial charge is 0.349 e. The molecule has 1 aliphatic carbocycles. The molecular formula is C24H23F4NO2. The lowest BCUT2D eigenvalue weighted by molar-refractivity contribution is 0.0723. The Labute approximate surface area is 178 Å². The van der Waals surface area contributed by atoms with Crippen LogP contribution in [0.15, 0.2) is 24.3 Å². The molecule has 164 valence electrons.